The highest BCUT2D eigenvalue weighted by molar-refractivity contribution is 6.00. The van der Waals surface area contributed by atoms with Gasteiger partial charge in [0.1, 0.15) is 35.1 Å². The monoisotopic (exact) mass is 590 g/mol. The Hall–Kier alpha value is -3.73. The van der Waals surface area contributed by atoms with Crippen LogP contribution in [-0.4, -0.2) is 84.5 Å². The Kier molecular flexibility index (Phi) is 8.52. The molecule has 43 heavy (non-hydrogen) atoms. The number of amides is 1. The van der Waals surface area contributed by atoms with Crippen LogP contribution in [0.1, 0.15) is 54.7 Å². The van der Waals surface area contributed by atoms with Gasteiger partial charge in [-0.15, -0.1) is 0 Å². The Morgan fingerprint density at radius 1 is 1.05 bits per heavy atom. The van der Waals surface area contributed by atoms with E-state index in [2.05, 4.69) is 21.3 Å². The summed E-state index contributed by atoms with van der Waals surface area (Å²) in [6.45, 7) is 7.39. The van der Waals surface area contributed by atoms with Crippen LogP contribution in [0.15, 0.2) is 47.1 Å². The SMILES string of the molecule is COc1cc(OC)c2c(COc3cccc4c3cc(C(N)=O)n4C3CCN(C[C@H](C)N4CCC(O)CC4)CC3)coc2c1. The standard InChI is InChI=1S/C33H42N4O6/c1-21(36-13-9-24(38)10-14-36)18-35-11-7-23(8-12-35)37-27-5-4-6-29(26(27)17-28(37)33(34)39)42-19-22-20-43-31-16-25(40-2)15-30(41-3)32(22)31/h4-6,15-17,20-21,23-24,38H,7-14,18-19H2,1-3H3,(H2,34,39)/t21-/m0/s1. The molecule has 0 saturated carbocycles. The topological polar surface area (TPSA) is 116 Å². The molecule has 0 bridgehead atoms. The first-order valence-corrected chi connectivity index (χ1v) is 15.2. The normalized spacial score (nSPS) is 18.3. The maximum absolute atomic E-state index is 12.7. The molecule has 0 spiro atoms. The number of piperidine rings is 2. The molecule has 10 nitrogen and oxygen atoms in total. The summed E-state index contributed by atoms with van der Waals surface area (Å²) < 4.78 is 25.2. The van der Waals surface area contributed by atoms with Crippen molar-refractivity contribution in [2.24, 2.45) is 5.73 Å². The van der Waals surface area contributed by atoms with E-state index < -0.39 is 5.91 Å². The number of likely N-dealkylation sites (tertiary alicyclic amines) is 2. The van der Waals surface area contributed by atoms with Crippen LogP contribution in [-0.2, 0) is 6.61 Å². The second kappa shape index (κ2) is 12.5. The van der Waals surface area contributed by atoms with Crippen molar-refractivity contribution < 1.29 is 28.5 Å². The Morgan fingerprint density at radius 3 is 2.51 bits per heavy atom. The van der Waals surface area contributed by atoms with E-state index in [9.17, 15) is 9.90 Å². The molecule has 0 aliphatic carbocycles. The molecule has 0 radical (unpaired) electrons. The minimum absolute atomic E-state index is 0.153. The van der Waals surface area contributed by atoms with Crippen molar-refractivity contribution in [2.75, 3.05) is 46.9 Å². The molecule has 2 fully saturated rings. The second-order valence-corrected chi connectivity index (χ2v) is 11.9. The molecule has 6 rings (SSSR count). The lowest BCUT2D eigenvalue weighted by Crippen LogP contribution is -2.48. The molecule has 2 aromatic heterocycles. The van der Waals surface area contributed by atoms with E-state index >= 15 is 0 Å². The second-order valence-electron chi connectivity index (χ2n) is 11.9. The number of furan rings is 1. The quantitative estimate of drug-likeness (QED) is 0.276. The summed E-state index contributed by atoms with van der Waals surface area (Å²) in [7, 11) is 3.22. The van der Waals surface area contributed by atoms with Crippen LogP contribution in [0.5, 0.6) is 17.2 Å². The van der Waals surface area contributed by atoms with E-state index in [-0.39, 0.29) is 18.8 Å². The zero-order valence-corrected chi connectivity index (χ0v) is 25.3. The lowest BCUT2D eigenvalue weighted by molar-refractivity contribution is 0.0493. The molecule has 230 valence electrons. The van der Waals surface area contributed by atoms with Crippen LogP contribution < -0.4 is 19.9 Å². The highest BCUT2D eigenvalue weighted by Gasteiger charge is 2.29. The van der Waals surface area contributed by atoms with Crippen LogP contribution in [0, 0.1) is 0 Å². The summed E-state index contributed by atoms with van der Waals surface area (Å²) in [5.41, 5.74) is 8.88. The Balaban J connectivity index is 1.19. The molecular weight excluding hydrogens is 548 g/mol. The summed E-state index contributed by atoms with van der Waals surface area (Å²) >= 11 is 0. The number of benzene rings is 2. The third-order valence-corrected chi connectivity index (χ3v) is 9.19. The van der Waals surface area contributed by atoms with Crippen LogP contribution >= 0.6 is 0 Å². The summed E-state index contributed by atoms with van der Waals surface area (Å²) in [6.07, 6.45) is 5.11. The van der Waals surface area contributed by atoms with Crippen LogP contribution in [0.2, 0.25) is 0 Å². The molecule has 3 N–H and O–H groups in total. The summed E-state index contributed by atoms with van der Waals surface area (Å²) in [5, 5.41) is 11.6. The number of fused-ring (bicyclic) bond motifs is 2. The van der Waals surface area contributed by atoms with Crippen LogP contribution in [0.25, 0.3) is 21.9 Å². The number of aromatic nitrogens is 1. The molecule has 2 aliphatic heterocycles. The van der Waals surface area contributed by atoms with Gasteiger partial charge < -0.3 is 38.9 Å². The van der Waals surface area contributed by atoms with Crippen molar-refractivity contribution in [2.45, 2.75) is 57.4 Å². The van der Waals surface area contributed by atoms with E-state index in [0.717, 1.165) is 80.3 Å². The number of primary amides is 1. The van der Waals surface area contributed by atoms with E-state index in [1.54, 1.807) is 20.5 Å². The number of carbonyl (C=O) groups excluding carboxylic acids is 1. The molecule has 1 amide bonds. The first-order valence-electron chi connectivity index (χ1n) is 15.2. The smallest absolute Gasteiger partial charge is 0.265 e. The fourth-order valence-electron chi connectivity index (χ4n) is 6.82. The number of nitrogens with zero attached hydrogens (tertiary/aromatic N) is 3. The Bertz CT molecular complexity index is 1580. The molecule has 0 unspecified atom stereocenters. The lowest BCUT2D eigenvalue weighted by Gasteiger charge is -2.39. The average Bonchev–Trinajstić information content (AvgIpc) is 3.62. The molecule has 4 aromatic rings. The van der Waals surface area contributed by atoms with Gasteiger partial charge in [0.2, 0.25) is 0 Å². The van der Waals surface area contributed by atoms with Crippen LogP contribution in [0.4, 0.5) is 0 Å². The third kappa shape index (κ3) is 5.91. The van der Waals surface area contributed by atoms with Crippen LogP contribution in [0.3, 0.4) is 0 Å². The molecule has 2 aromatic carbocycles. The van der Waals surface area contributed by atoms with Gasteiger partial charge in [-0.2, -0.15) is 0 Å². The Morgan fingerprint density at radius 2 is 1.81 bits per heavy atom. The molecule has 10 heteroatoms. The predicted molar refractivity (Wildman–Crippen MR) is 165 cm³/mol. The maximum atomic E-state index is 12.7. The van der Waals surface area contributed by atoms with Gasteiger partial charge in [-0.3, -0.25) is 9.69 Å². The molecule has 2 saturated heterocycles. The predicted octanol–water partition coefficient (Wildman–Crippen LogP) is 4.56. The number of hydrogen-bond donors (Lipinski definition) is 2. The largest absolute Gasteiger partial charge is 0.496 e. The lowest BCUT2D eigenvalue weighted by atomic mass is 10.0. The zero-order chi connectivity index (χ0) is 30.1. The summed E-state index contributed by atoms with van der Waals surface area (Å²) in [5.74, 6) is 1.54. The number of rotatable bonds is 10. The molecule has 2 aliphatic rings. The maximum Gasteiger partial charge on any atom is 0.265 e. The number of nitrogens with two attached hydrogens (primary N) is 1. The highest BCUT2D eigenvalue weighted by atomic mass is 16.5. The van der Waals surface area contributed by atoms with E-state index in [4.69, 9.17) is 24.4 Å². The van der Waals surface area contributed by atoms with Crippen molar-refractivity contribution in [3.63, 3.8) is 0 Å². The molecular formula is C33H42N4O6. The van der Waals surface area contributed by atoms with Crippen molar-refractivity contribution in [1.82, 2.24) is 14.4 Å². The van der Waals surface area contributed by atoms with Gasteiger partial charge in [-0.25, -0.2) is 0 Å². The summed E-state index contributed by atoms with van der Waals surface area (Å²) in [4.78, 5) is 17.7. The fraction of sp³-hybridized carbons (Fsp3) is 0.485. The zero-order valence-electron chi connectivity index (χ0n) is 25.3. The van der Waals surface area contributed by atoms with Crippen molar-refractivity contribution >= 4 is 27.8 Å². The average molecular weight is 591 g/mol. The Labute approximate surface area is 251 Å². The first-order chi connectivity index (χ1) is 20.9. The number of carbonyl (C=O) groups is 1. The van der Waals surface area contributed by atoms with Gasteiger partial charge in [-0.05, 0) is 50.8 Å². The molecule has 1 atom stereocenters. The number of aliphatic hydroxyl groups is 1. The van der Waals surface area contributed by atoms with Crippen molar-refractivity contribution in [1.29, 1.82) is 0 Å². The highest BCUT2D eigenvalue weighted by Crippen LogP contribution is 2.38. The van der Waals surface area contributed by atoms with Gasteiger partial charge in [0.05, 0.1) is 37.5 Å². The van der Waals surface area contributed by atoms with Crippen molar-refractivity contribution in [3.8, 4) is 17.2 Å². The minimum atomic E-state index is -0.440. The number of ether oxygens (including phenoxy) is 3. The minimum Gasteiger partial charge on any atom is -0.496 e. The van der Waals surface area contributed by atoms with Gasteiger partial charge in [0, 0.05) is 67.9 Å². The molecule has 4 heterocycles. The van der Waals surface area contributed by atoms with Gasteiger partial charge >= 0.3 is 0 Å². The fourth-order valence-corrected chi connectivity index (χ4v) is 6.82. The number of methoxy groups -OCH3 is 2. The van der Waals surface area contributed by atoms with Gasteiger partial charge in [0.15, 0.2) is 0 Å². The third-order valence-electron chi connectivity index (χ3n) is 9.19. The van der Waals surface area contributed by atoms with Gasteiger partial charge in [-0.1, -0.05) is 6.07 Å². The number of aliphatic hydroxyl groups excluding tert-OH is 1. The number of hydrogen-bond acceptors (Lipinski definition) is 8. The van der Waals surface area contributed by atoms with E-state index in [0.29, 0.717) is 34.6 Å². The summed E-state index contributed by atoms with van der Waals surface area (Å²) in [6, 6.07) is 12.1. The van der Waals surface area contributed by atoms with Crippen molar-refractivity contribution in [3.05, 3.63) is 53.9 Å². The van der Waals surface area contributed by atoms with E-state index in [1.165, 1.54) is 0 Å². The van der Waals surface area contributed by atoms with Gasteiger partial charge in [0.25, 0.3) is 5.91 Å². The van der Waals surface area contributed by atoms with E-state index in [1.807, 2.05) is 36.4 Å². The first kappa shape index (κ1) is 29.3.